The Morgan fingerprint density at radius 3 is 2.24 bits per heavy atom. The maximum atomic E-state index is 14.3. The summed E-state index contributed by atoms with van der Waals surface area (Å²) in [5.41, 5.74) is 5.68. The Morgan fingerprint density at radius 2 is 1.67 bits per heavy atom. The molecule has 3 amide bonds. The first-order valence-electron chi connectivity index (χ1n) is 10.0. The summed E-state index contributed by atoms with van der Waals surface area (Å²) in [4.78, 5) is 46.6. The lowest BCUT2D eigenvalue weighted by atomic mass is 9.98. The molecule has 9 nitrogen and oxygen atoms in total. The molecule has 1 aliphatic carbocycles. The number of nitrogens with zero attached hydrogens (tertiary/aromatic N) is 1. The molecule has 0 saturated carbocycles. The first kappa shape index (κ1) is 22.2. The molecule has 1 fully saturated rings. The molecule has 2 aromatic rings. The molecule has 2 aromatic carbocycles. The summed E-state index contributed by atoms with van der Waals surface area (Å²) < 4.78 is 33.8. The van der Waals surface area contributed by atoms with Gasteiger partial charge in [-0.1, -0.05) is 48.5 Å². The predicted octanol–water partition coefficient (Wildman–Crippen LogP) is 1.88. The van der Waals surface area contributed by atoms with Gasteiger partial charge in [-0.2, -0.15) is 8.78 Å². The van der Waals surface area contributed by atoms with Crippen molar-refractivity contribution in [3.8, 4) is 11.1 Å². The van der Waals surface area contributed by atoms with E-state index in [1.54, 1.807) is 5.43 Å². The van der Waals surface area contributed by atoms with Crippen molar-refractivity contribution in [3.63, 3.8) is 0 Å². The minimum atomic E-state index is -4.17. The molecule has 1 aliphatic heterocycles. The number of fused-ring (bicyclic) bond motifs is 3. The predicted molar refractivity (Wildman–Crippen MR) is 109 cm³/mol. The molecule has 1 heterocycles. The van der Waals surface area contributed by atoms with Crippen molar-refractivity contribution in [2.45, 2.75) is 24.3 Å². The van der Waals surface area contributed by atoms with Crippen LogP contribution >= 0.6 is 0 Å². The van der Waals surface area contributed by atoms with E-state index in [2.05, 4.69) is 0 Å². The van der Waals surface area contributed by atoms with Crippen molar-refractivity contribution >= 4 is 23.9 Å². The number of rotatable bonds is 6. The van der Waals surface area contributed by atoms with Gasteiger partial charge in [-0.25, -0.2) is 14.6 Å². The van der Waals surface area contributed by atoms with Gasteiger partial charge in [0, 0.05) is 5.92 Å². The van der Waals surface area contributed by atoms with Gasteiger partial charge in [-0.15, -0.1) is 0 Å². The fraction of sp³-hybridized carbons (Fsp3) is 0.273. The highest BCUT2D eigenvalue weighted by Gasteiger charge is 2.50. The molecule has 3 N–H and O–H groups in total. The Morgan fingerprint density at radius 1 is 1.09 bits per heavy atom. The highest BCUT2D eigenvalue weighted by Crippen LogP contribution is 2.44. The second-order valence-corrected chi connectivity index (χ2v) is 7.65. The maximum Gasteiger partial charge on any atom is 0.407 e. The third kappa shape index (κ3) is 4.21. The monoisotopic (exact) mass is 459 g/mol. The topological polar surface area (TPSA) is 125 Å². The second-order valence-electron chi connectivity index (χ2n) is 7.65. The first-order valence-corrected chi connectivity index (χ1v) is 10.0. The van der Waals surface area contributed by atoms with Crippen LogP contribution in [-0.4, -0.2) is 59.1 Å². The van der Waals surface area contributed by atoms with Crippen LogP contribution < -0.4 is 10.7 Å². The Bertz CT molecular complexity index is 1090. The van der Waals surface area contributed by atoms with E-state index in [0.717, 1.165) is 22.3 Å². The Labute approximate surface area is 186 Å². The van der Waals surface area contributed by atoms with Crippen molar-refractivity contribution in [1.29, 1.82) is 0 Å². The van der Waals surface area contributed by atoms with Crippen LogP contribution in [0.3, 0.4) is 0 Å². The molecule has 1 saturated heterocycles. The maximum absolute atomic E-state index is 14.3. The number of carbonyl (C=O) groups excluding carboxylic acids is 3. The quantitative estimate of drug-likeness (QED) is 0.606. The summed E-state index contributed by atoms with van der Waals surface area (Å²) in [5.74, 6) is -8.88. The van der Waals surface area contributed by atoms with E-state index < -0.39 is 48.8 Å². The number of carbonyl (C=O) groups is 4. The van der Waals surface area contributed by atoms with E-state index in [9.17, 15) is 28.0 Å². The first-order chi connectivity index (χ1) is 15.7. The number of nitrogens with one attached hydrogen (secondary N) is 2. The van der Waals surface area contributed by atoms with Gasteiger partial charge in [0.15, 0.2) is 6.04 Å². The SMILES string of the molecule is O=C1CC(C(=O)O)N(C(=O)C(F)(F)CNC(=O)OCC2c3ccccc3-c3ccccc32)N1. The van der Waals surface area contributed by atoms with Gasteiger partial charge in [0.2, 0.25) is 5.91 Å². The number of halogens is 2. The van der Waals surface area contributed by atoms with Crippen molar-refractivity contribution in [2.75, 3.05) is 13.2 Å². The number of hydrogen-bond acceptors (Lipinski definition) is 5. The Hall–Kier alpha value is -4.02. The molecule has 0 radical (unpaired) electrons. The minimum Gasteiger partial charge on any atom is -0.480 e. The van der Waals surface area contributed by atoms with Crippen LogP contribution in [0, 0.1) is 0 Å². The number of ether oxygens (including phenoxy) is 1. The zero-order valence-electron chi connectivity index (χ0n) is 17.1. The fourth-order valence-electron chi connectivity index (χ4n) is 4.00. The normalized spacial score (nSPS) is 17.2. The van der Waals surface area contributed by atoms with Crippen molar-refractivity contribution in [1.82, 2.24) is 15.8 Å². The van der Waals surface area contributed by atoms with Crippen molar-refractivity contribution < 1.29 is 37.8 Å². The molecule has 11 heteroatoms. The van der Waals surface area contributed by atoms with Gasteiger partial charge in [0.1, 0.15) is 6.61 Å². The average Bonchev–Trinajstić information content (AvgIpc) is 3.34. The van der Waals surface area contributed by atoms with E-state index in [1.807, 2.05) is 53.8 Å². The number of alkyl carbamates (subject to hydrolysis) is 1. The Balaban J connectivity index is 1.36. The summed E-state index contributed by atoms with van der Waals surface area (Å²) in [6.07, 6.45) is -1.80. The fourth-order valence-corrected chi connectivity index (χ4v) is 4.00. The summed E-state index contributed by atoms with van der Waals surface area (Å²) in [6, 6.07) is 13.4. The lowest BCUT2D eigenvalue weighted by Gasteiger charge is -2.25. The number of hydrogen-bond donors (Lipinski definition) is 3. The van der Waals surface area contributed by atoms with Crippen LogP contribution in [0.15, 0.2) is 48.5 Å². The lowest BCUT2D eigenvalue weighted by Crippen LogP contribution is -2.56. The van der Waals surface area contributed by atoms with Crippen LogP contribution in [0.25, 0.3) is 11.1 Å². The summed E-state index contributed by atoms with van der Waals surface area (Å²) in [6.45, 7) is -1.54. The third-order valence-electron chi connectivity index (χ3n) is 5.55. The average molecular weight is 459 g/mol. The smallest absolute Gasteiger partial charge is 0.407 e. The van der Waals surface area contributed by atoms with Crippen LogP contribution in [0.5, 0.6) is 0 Å². The van der Waals surface area contributed by atoms with E-state index in [4.69, 9.17) is 9.84 Å². The summed E-state index contributed by atoms with van der Waals surface area (Å²) in [7, 11) is 0. The van der Waals surface area contributed by atoms with Gasteiger partial charge < -0.3 is 15.2 Å². The van der Waals surface area contributed by atoms with Gasteiger partial charge >= 0.3 is 23.9 Å². The number of aliphatic carboxylic acids is 1. The second kappa shape index (κ2) is 8.49. The largest absolute Gasteiger partial charge is 0.480 e. The molecule has 0 spiro atoms. The van der Waals surface area contributed by atoms with Crippen LogP contribution in [0.4, 0.5) is 13.6 Å². The van der Waals surface area contributed by atoms with Gasteiger partial charge in [0.05, 0.1) is 13.0 Å². The molecule has 1 atom stereocenters. The van der Waals surface area contributed by atoms with E-state index in [0.29, 0.717) is 0 Å². The Kier molecular flexibility index (Phi) is 5.71. The lowest BCUT2D eigenvalue weighted by molar-refractivity contribution is -0.166. The highest BCUT2D eigenvalue weighted by molar-refractivity contribution is 5.96. The third-order valence-corrected chi connectivity index (χ3v) is 5.55. The van der Waals surface area contributed by atoms with Crippen LogP contribution in [-0.2, 0) is 19.1 Å². The van der Waals surface area contributed by atoms with E-state index in [1.165, 1.54) is 0 Å². The summed E-state index contributed by atoms with van der Waals surface area (Å²) >= 11 is 0. The number of carboxylic acids is 1. The molecule has 2 aliphatic rings. The number of carboxylic acid groups (broad SMARTS) is 1. The van der Waals surface area contributed by atoms with Crippen molar-refractivity contribution in [2.24, 2.45) is 0 Å². The zero-order chi connectivity index (χ0) is 23.8. The molecule has 4 rings (SSSR count). The zero-order valence-corrected chi connectivity index (χ0v) is 17.1. The van der Waals surface area contributed by atoms with Gasteiger partial charge in [0.25, 0.3) is 0 Å². The van der Waals surface area contributed by atoms with Crippen LogP contribution in [0.1, 0.15) is 23.5 Å². The number of benzene rings is 2. The number of alkyl halides is 2. The molecular weight excluding hydrogens is 440 g/mol. The highest BCUT2D eigenvalue weighted by atomic mass is 19.3. The molecule has 1 unspecified atom stereocenters. The molecule has 172 valence electrons. The molecule has 33 heavy (non-hydrogen) atoms. The summed E-state index contributed by atoms with van der Waals surface area (Å²) in [5, 5.41) is 10.9. The van der Waals surface area contributed by atoms with Gasteiger partial charge in [-0.3, -0.25) is 15.0 Å². The molecule has 0 bridgehead atoms. The van der Waals surface area contributed by atoms with Crippen molar-refractivity contribution in [3.05, 3.63) is 59.7 Å². The molecule has 0 aromatic heterocycles. The van der Waals surface area contributed by atoms with E-state index >= 15 is 0 Å². The van der Waals surface area contributed by atoms with Gasteiger partial charge in [-0.05, 0) is 22.3 Å². The number of hydrazine groups is 1. The van der Waals surface area contributed by atoms with Crippen LogP contribution in [0.2, 0.25) is 0 Å². The van der Waals surface area contributed by atoms with E-state index in [-0.39, 0.29) is 17.5 Å². The molecular formula is C22H19F2N3O6. The number of amides is 3. The minimum absolute atomic E-state index is 0.0735. The standard InChI is InChI=1S/C22H19F2N3O6/c23-22(24,20(31)27-17(19(29)30)9-18(28)26-27)11-25-21(32)33-10-16-14-7-3-1-5-12(14)13-6-2-4-8-15(13)16/h1-8,16-17H,9-11H2,(H,25,32)(H,26,28)(H,29,30).